The van der Waals surface area contributed by atoms with E-state index in [0.717, 1.165) is 29.7 Å². The molecule has 1 aliphatic rings. The molecule has 1 aromatic rings. The van der Waals surface area contributed by atoms with Gasteiger partial charge in [-0.15, -0.1) is 0 Å². The van der Waals surface area contributed by atoms with Gasteiger partial charge < -0.3 is 15.7 Å². The normalized spacial score (nSPS) is 16.6. The van der Waals surface area contributed by atoms with E-state index in [0.29, 0.717) is 18.5 Å². The quantitative estimate of drug-likeness (QED) is 0.800. The predicted octanol–water partition coefficient (Wildman–Crippen LogP) is 2.51. The lowest BCUT2D eigenvalue weighted by molar-refractivity contribution is -0.133. The number of nitrogens with one attached hydrogen (secondary N) is 2. The van der Waals surface area contributed by atoms with Crippen LogP contribution < -0.4 is 10.6 Å². The van der Waals surface area contributed by atoms with Crippen LogP contribution in [0.2, 0.25) is 0 Å². The summed E-state index contributed by atoms with van der Waals surface area (Å²) in [6.07, 6.45) is 2.79. The topological polar surface area (TPSA) is 78.4 Å². The molecule has 114 valence electrons. The monoisotopic (exact) mass is 290 g/mol. The van der Waals surface area contributed by atoms with Gasteiger partial charge in [0.15, 0.2) is 0 Å². The molecule has 0 radical (unpaired) electrons. The maximum Gasteiger partial charge on any atom is 0.256 e. The van der Waals surface area contributed by atoms with Gasteiger partial charge in [-0.2, -0.15) is 0 Å². The number of benzene rings is 1. The van der Waals surface area contributed by atoms with E-state index in [1.807, 2.05) is 13.8 Å². The molecule has 0 aliphatic heterocycles. The van der Waals surface area contributed by atoms with Crippen LogP contribution in [0.25, 0.3) is 0 Å². The Morgan fingerprint density at radius 2 is 1.62 bits per heavy atom. The van der Waals surface area contributed by atoms with Gasteiger partial charge in [0, 0.05) is 18.3 Å². The number of rotatable bonds is 3. The van der Waals surface area contributed by atoms with Crippen LogP contribution in [0.5, 0.6) is 0 Å². The third-order valence-electron chi connectivity index (χ3n) is 3.94. The van der Waals surface area contributed by atoms with Crippen molar-refractivity contribution in [1.29, 1.82) is 0 Å². The molecular weight excluding hydrogens is 268 g/mol. The molecule has 5 heteroatoms. The van der Waals surface area contributed by atoms with E-state index < -0.39 is 5.60 Å². The molecule has 1 fully saturated rings. The predicted molar refractivity (Wildman–Crippen MR) is 82.3 cm³/mol. The second-order valence-electron chi connectivity index (χ2n) is 5.86. The van der Waals surface area contributed by atoms with Crippen molar-refractivity contribution in [2.75, 3.05) is 10.6 Å². The summed E-state index contributed by atoms with van der Waals surface area (Å²) in [7, 11) is 0. The van der Waals surface area contributed by atoms with Crippen molar-refractivity contribution in [3.05, 3.63) is 23.3 Å². The van der Waals surface area contributed by atoms with Gasteiger partial charge in [0.2, 0.25) is 5.91 Å². The second kappa shape index (κ2) is 5.85. The number of amides is 2. The number of carbonyl (C=O) groups is 2. The summed E-state index contributed by atoms with van der Waals surface area (Å²) < 4.78 is 0. The lowest BCUT2D eigenvalue weighted by atomic mass is 10.0. The van der Waals surface area contributed by atoms with E-state index in [-0.39, 0.29) is 11.8 Å². The zero-order chi connectivity index (χ0) is 15.6. The molecule has 3 N–H and O–H groups in total. The van der Waals surface area contributed by atoms with Gasteiger partial charge in [0.25, 0.3) is 5.91 Å². The minimum absolute atomic E-state index is 0.127. The van der Waals surface area contributed by atoms with Crippen molar-refractivity contribution >= 4 is 23.2 Å². The summed E-state index contributed by atoms with van der Waals surface area (Å²) in [6, 6.07) is 3.60. The molecule has 0 bridgehead atoms. The number of aryl methyl sites for hydroxylation is 2. The number of hydrogen-bond donors (Lipinski definition) is 3. The molecular formula is C16H22N2O3. The van der Waals surface area contributed by atoms with Gasteiger partial charge in [-0.3, -0.25) is 9.59 Å². The van der Waals surface area contributed by atoms with E-state index in [9.17, 15) is 14.7 Å². The first-order chi connectivity index (χ1) is 9.82. The molecule has 0 unspecified atom stereocenters. The van der Waals surface area contributed by atoms with Gasteiger partial charge in [0.05, 0.1) is 0 Å². The van der Waals surface area contributed by atoms with E-state index in [4.69, 9.17) is 0 Å². The maximum atomic E-state index is 12.2. The Balaban J connectivity index is 2.18. The largest absolute Gasteiger partial charge is 0.380 e. The first-order valence-electron chi connectivity index (χ1n) is 7.24. The highest BCUT2D eigenvalue weighted by atomic mass is 16.3. The third-order valence-corrected chi connectivity index (χ3v) is 3.94. The minimum atomic E-state index is -1.24. The van der Waals surface area contributed by atoms with Crippen molar-refractivity contribution < 1.29 is 14.7 Å². The van der Waals surface area contributed by atoms with Crippen LogP contribution in [-0.2, 0) is 9.59 Å². The molecule has 0 heterocycles. The Kier molecular flexibility index (Phi) is 4.32. The summed E-state index contributed by atoms with van der Waals surface area (Å²) in [6.45, 7) is 5.21. The Morgan fingerprint density at radius 3 is 2.10 bits per heavy atom. The molecule has 5 nitrogen and oxygen atoms in total. The van der Waals surface area contributed by atoms with Crippen LogP contribution in [-0.4, -0.2) is 22.5 Å². The van der Waals surface area contributed by atoms with Crippen LogP contribution in [0.1, 0.15) is 43.7 Å². The van der Waals surface area contributed by atoms with Gasteiger partial charge in [-0.25, -0.2) is 0 Å². The molecule has 0 spiro atoms. The highest BCUT2D eigenvalue weighted by molar-refractivity contribution is 5.98. The standard InChI is InChI=1S/C16H22N2O3/c1-10-8-13(9-11(2)14(10)17-12(3)19)18-15(20)16(21)6-4-5-7-16/h8-9,21H,4-7H2,1-3H3,(H,17,19)(H,18,20). The Hall–Kier alpha value is -1.88. The average Bonchev–Trinajstić information content (AvgIpc) is 2.82. The smallest absolute Gasteiger partial charge is 0.256 e. The highest BCUT2D eigenvalue weighted by Crippen LogP contribution is 2.31. The van der Waals surface area contributed by atoms with Crippen molar-refractivity contribution in [3.8, 4) is 0 Å². The molecule has 1 saturated carbocycles. The average molecular weight is 290 g/mol. The van der Waals surface area contributed by atoms with Crippen molar-refractivity contribution in [2.45, 2.75) is 52.1 Å². The molecule has 1 aliphatic carbocycles. The highest BCUT2D eigenvalue weighted by Gasteiger charge is 2.38. The molecule has 1 aromatic carbocycles. The number of carbonyl (C=O) groups excluding carboxylic acids is 2. The number of anilines is 2. The third kappa shape index (κ3) is 3.42. The van der Waals surface area contributed by atoms with Crippen LogP contribution in [0, 0.1) is 13.8 Å². The SMILES string of the molecule is CC(=O)Nc1c(C)cc(NC(=O)C2(O)CCCC2)cc1C. The number of aliphatic hydroxyl groups is 1. The molecule has 0 atom stereocenters. The van der Waals surface area contributed by atoms with E-state index >= 15 is 0 Å². The fourth-order valence-corrected chi connectivity index (χ4v) is 2.84. The Labute approximate surface area is 124 Å². The first kappa shape index (κ1) is 15.5. The fraction of sp³-hybridized carbons (Fsp3) is 0.500. The molecule has 2 amide bonds. The summed E-state index contributed by atoms with van der Waals surface area (Å²) in [5.41, 5.74) is 1.92. The maximum absolute atomic E-state index is 12.2. The molecule has 0 saturated heterocycles. The van der Waals surface area contributed by atoms with Crippen molar-refractivity contribution in [2.24, 2.45) is 0 Å². The van der Waals surface area contributed by atoms with Gasteiger partial charge in [-0.05, 0) is 62.8 Å². The Bertz CT molecular complexity index is 552. The summed E-state index contributed by atoms with van der Waals surface area (Å²) in [5, 5.41) is 15.8. The fourth-order valence-electron chi connectivity index (χ4n) is 2.84. The first-order valence-corrected chi connectivity index (χ1v) is 7.24. The molecule has 0 aromatic heterocycles. The zero-order valence-corrected chi connectivity index (χ0v) is 12.7. The molecule has 2 rings (SSSR count). The summed E-state index contributed by atoms with van der Waals surface area (Å²) in [4.78, 5) is 23.4. The lowest BCUT2D eigenvalue weighted by Crippen LogP contribution is -2.40. The van der Waals surface area contributed by atoms with Crippen molar-refractivity contribution in [1.82, 2.24) is 0 Å². The van der Waals surface area contributed by atoms with E-state index in [1.54, 1.807) is 12.1 Å². The van der Waals surface area contributed by atoms with E-state index in [1.165, 1.54) is 6.92 Å². The zero-order valence-electron chi connectivity index (χ0n) is 12.7. The van der Waals surface area contributed by atoms with Crippen LogP contribution in [0.4, 0.5) is 11.4 Å². The second-order valence-corrected chi connectivity index (χ2v) is 5.86. The van der Waals surface area contributed by atoms with Crippen LogP contribution in [0.15, 0.2) is 12.1 Å². The molecule has 21 heavy (non-hydrogen) atoms. The van der Waals surface area contributed by atoms with Gasteiger partial charge in [-0.1, -0.05) is 0 Å². The Morgan fingerprint density at radius 1 is 1.10 bits per heavy atom. The lowest BCUT2D eigenvalue weighted by Gasteiger charge is -2.22. The van der Waals surface area contributed by atoms with E-state index in [2.05, 4.69) is 10.6 Å². The van der Waals surface area contributed by atoms with Crippen LogP contribution >= 0.6 is 0 Å². The van der Waals surface area contributed by atoms with Crippen molar-refractivity contribution in [3.63, 3.8) is 0 Å². The minimum Gasteiger partial charge on any atom is -0.380 e. The van der Waals surface area contributed by atoms with Gasteiger partial charge in [0.1, 0.15) is 5.60 Å². The van der Waals surface area contributed by atoms with Crippen LogP contribution in [0.3, 0.4) is 0 Å². The van der Waals surface area contributed by atoms with Gasteiger partial charge >= 0.3 is 0 Å². The summed E-state index contributed by atoms with van der Waals surface area (Å²) in [5.74, 6) is -0.468. The number of hydrogen-bond acceptors (Lipinski definition) is 3. The summed E-state index contributed by atoms with van der Waals surface area (Å²) >= 11 is 0.